The first kappa shape index (κ1) is 11.6. The number of anilines is 1. The van der Waals surface area contributed by atoms with Gasteiger partial charge in [-0.05, 0) is 13.3 Å². The molecular weight excluding hydrogens is 194 g/mol. The van der Waals surface area contributed by atoms with Crippen LogP contribution in [0.5, 0.6) is 0 Å². The Balaban J connectivity index is 2.56. The van der Waals surface area contributed by atoms with Crippen LogP contribution in [0.15, 0.2) is 6.20 Å². The van der Waals surface area contributed by atoms with Crippen LogP contribution in [0.1, 0.15) is 19.0 Å². The molecule has 0 saturated heterocycles. The van der Waals surface area contributed by atoms with E-state index in [0.717, 1.165) is 24.3 Å². The first-order valence-corrected chi connectivity index (χ1v) is 5.02. The van der Waals surface area contributed by atoms with E-state index in [-0.39, 0.29) is 12.5 Å². The summed E-state index contributed by atoms with van der Waals surface area (Å²) < 4.78 is 6.41. The summed E-state index contributed by atoms with van der Waals surface area (Å²) >= 11 is 0. The molecule has 5 nitrogen and oxygen atoms in total. The third kappa shape index (κ3) is 3.27. The van der Waals surface area contributed by atoms with E-state index in [0.29, 0.717) is 0 Å². The summed E-state index contributed by atoms with van der Waals surface area (Å²) in [6.07, 6.45) is 2.94. The van der Waals surface area contributed by atoms with Crippen LogP contribution in [-0.2, 0) is 16.1 Å². The molecule has 0 atom stereocenters. The summed E-state index contributed by atoms with van der Waals surface area (Å²) in [6.45, 7) is 5.07. The van der Waals surface area contributed by atoms with Crippen molar-refractivity contribution in [1.82, 2.24) is 9.78 Å². The van der Waals surface area contributed by atoms with Crippen molar-refractivity contribution in [3.8, 4) is 0 Å². The highest BCUT2D eigenvalue weighted by atomic mass is 16.5. The van der Waals surface area contributed by atoms with Gasteiger partial charge in [-0.15, -0.1) is 0 Å². The second-order valence-electron chi connectivity index (χ2n) is 3.32. The van der Waals surface area contributed by atoms with Gasteiger partial charge in [-0.25, -0.2) is 0 Å². The van der Waals surface area contributed by atoms with Crippen molar-refractivity contribution >= 4 is 11.7 Å². The van der Waals surface area contributed by atoms with E-state index in [1.54, 1.807) is 0 Å². The van der Waals surface area contributed by atoms with Crippen LogP contribution in [0.25, 0.3) is 0 Å². The molecule has 0 saturated carbocycles. The second-order valence-corrected chi connectivity index (χ2v) is 3.32. The van der Waals surface area contributed by atoms with E-state index in [1.165, 1.54) is 7.11 Å². The van der Waals surface area contributed by atoms with Crippen LogP contribution >= 0.6 is 0 Å². The number of carbonyl (C=O) groups is 1. The van der Waals surface area contributed by atoms with E-state index >= 15 is 0 Å². The number of hydrogen-bond donors (Lipinski definition) is 1. The minimum atomic E-state index is -0.280. The van der Waals surface area contributed by atoms with Crippen molar-refractivity contribution in [2.24, 2.45) is 0 Å². The number of esters is 1. The fourth-order valence-electron chi connectivity index (χ4n) is 1.27. The fraction of sp³-hybridized carbons (Fsp3) is 0.600. The minimum Gasteiger partial charge on any atom is -0.468 e. The number of rotatable bonds is 5. The predicted molar refractivity (Wildman–Crippen MR) is 57.8 cm³/mol. The van der Waals surface area contributed by atoms with Gasteiger partial charge in [-0.3, -0.25) is 9.48 Å². The standard InChI is InChI=1S/C10H17N3O2/c1-4-5-13-7-9(8(2)12-13)11-6-10(14)15-3/h7,11H,4-6H2,1-3H3. The Morgan fingerprint density at radius 2 is 2.40 bits per heavy atom. The lowest BCUT2D eigenvalue weighted by Crippen LogP contribution is -2.15. The lowest BCUT2D eigenvalue weighted by atomic mass is 10.4. The maximum absolute atomic E-state index is 10.9. The summed E-state index contributed by atoms with van der Waals surface area (Å²) in [5, 5.41) is 7.29. The van der Waals surface area contributed by atoms with Crippen molar-refractivity contribution in [3.63, 3.8) is 0 Å². The van der Waals surface area contributed by atoms with Crippen LogP contribution in [0, 0.1) is 6.92 Å². The molecule has 0 amide bonds. The summed E-state index contributed by atoms with van der Waals surface area (Å²) in [7, 11) is 1.37. The van der Waals surface area contributed by atoms with Gasteiger partial charge in [0.2, 0.25) is 0 Å². The third-order valence-electron chi connectivity index (χ3n) is 2.05. The fourth-order valence-corrected chi connectivity index (χ4v) is 1.27. The summed E-state index contributed by atoms with van der Waals surface area (Å²) in [5.74, 6) is -0.280. The van der Waals surface area contributed by atoms with Gasteiger partial charge in [0.05, 0.1) is 18.5 Å². The summed E-state index contributed by atoms with van der Waals surface area (Å²) in [4.78, 5) is 10.9. The van der Waals surface area contributed by atoms with Crippen molar-refractivity contribution in [2.45, 2.75) is 26.8 Å². The predicted octanol–water partition coefficient (Wildman–Crippen LogP) is 1.19. The Kier molecular flexibility index (Phi) is 4.15. The molecule has 0 aliphatic carbocycles. The number of aryl methyl sites for hydroxylation is 2. The highest BCUT2D eigenvalue weighted by Crippen LogP contribution is 2.12. The summed E-state index contributed by atoms with van der Waals surface area (Å²) in [5.41, 5.74) is 1.78. The molecule has 1 rings (SSSR count). The number of hydrogen-bond acceptors (Lipinski definition) is 4. The second kappa shape index (κ2) is 5.38. The van der Waals surface area contributed by atoms with Crippen molar-refractivity contribution in [1.29, 1.82) is 0 Å². The molecule has 1 aromatic heterocycles. The average Bonchev–Trinajstić information content (AvgIpc) is 2.56. The van der Waals surface area contributed by atoms with Crippen LogP contribution in [0.3, 0.4) is 0 Å². The van der Waals surface area contributed by atoms with E-state index < -0.39 is 0 Å². The topological polar surface area (TPSA) is 56.2 Å². The van der Waals surface area contributed by atoms with E-state index in [9.17, 15) is 4.79 Å². The smallest absolute Gasteiger partial charge is 0.325 e. The first-order chi connectivity index (χ1) is 7.17. The zero-order chi connectivity index (χ0) is 11.3. The average molecular weight is 211 g/mol. The minimum absolute atomic E-state index is 0.176. The Labute approximate surface area is 89.4 Å². The number of methoxy groups -OCH3 is 1. The van der Waals surface area contributed by atoms with Crippen LogP contribution in [-0.4, -0.2) is 29.4 Å². The third-order valence-corrected chi connectivity index (χ3v) is 2.05. The Bertz CT molecular complexity index is 333. The van der Waals surface area contributed by atoms with Crippen molar-refractivity contribution < 1.29 is 9.53 Å². The molecule has 15 heavy (non-hydrogen) atoms. The van der Waals surface area contributed by atoms with Crippen LogP contribution in [0.2, 0.25) is 0 Å². The Hall–Kier alpha value is -1.52. The van der Waals surface area contributed by atoms with E-state index in [1.807, 2.05) is 17.8 Å². The van der Waals surface area contributed by atoms with Gasteiger partial charge >= 0.3 is 5.97 Å². The zero-order valence-electron chi connectivity index (χ0n) is 9.41. The van der Waals surface area contributed by atoms with Crippen LogP contribution < -0.4 is 5.32 Å². The molecule has 1 aromatic rings. The number of aromatic nitrogens is 2. The number of nitrogens with one attached hydrogen (secondary N) is 1. The lowest BCUT2D eigenvalue weighted by Gasteiger charge is -2.01. The molecule has 1 N–H and O–H groups in total. The number of carbonyl (C=O) groups excluding carboxylic acids is 1. The van der Waals surface area contributed by atoms with E-state index in [2.05, 4.69) is 22.1 Å². The largest absolute Gasteiger partial charge is 0.468 e. The van der Waals surface area contributed by atoms with E-state index in [4.69, 9.17) is 0 Å². The molecule has 1 heterocycles. The maximum atomic E-state index is 10.9. The number of ether oxygens (including phenoxy) is 1. The van der Waals surface area contributed by atoms with Gasteiger partial charge in [0, 0.05) is 12.7 Å². The highest BCUT2D eigenvalue weighted by molar-refractivity contribution is 5.74. The molecule has 0 aliphatic rings. The maximum Gasteiger partial charge on any atom is 0.325 e. The molecule has 5 heteroatoms. The summed E-state index contributed by atoms with van der Waals surface area (Å²) in [6, 6.07) is 0. The molecule has 0 aromatic carbocycles. The molecular formula is C10H17N3O2. The molecule has 0 unspecified atom stereocenters. The quantitative estimate of drug-likeness (QED) is 0.743. The molecule has 0 radical (unpaired) electrons. The highest BCUT2D eigenvalue weighted by Gasteiger charge is 2.06. The molecule has 84 valence electrons. The van der Waals surface area contributed by atoms with Gasteiger partial charge in [0.1, 0.15) is 6.54 Å². The van der Waals surface area contributed by atoms with Crippen LogP contribution in [0.4, 0.5) is 5.69 Å². The van der Waals surface area contributed by atoms with Gasteiger partial charge in [-0.2, -0.15) is 5.10 Å². The molecule has 0 aliphatic heterocycles. The molecule has 0 bridgehead atoms. The zero-order valence-corrected chi connectivity index (χ0v) is 9.41. The van der Waals surface area contributed by atoms with Crippen molar-refractivity contribution in [3.05, 3.63) is 11.9 Å². The molecule has 0 fully saturated rings. The monoisotopic (exact) mass is 211 g/mol. The van der Waals surface area contributed by atoms with Gasteiger partial charge in [0.15, 0.2) is 0 Å². The SMILES string of the molecule is CCCn1cc(NCC(=O)OC)c(C)n1. The lowest BCUT2D eigenvalue weighted by molar-refractivity contribution is -0.138. The van der Waals surface area contributed by atoms with Crippen molar-refractivity contribution in [2.75, 3.05) is 19.0 Å². The Morgan fingerprint density at radius 3 is 3.00 bits per heavy atom. The van der Waals surface area contributed by atoms with Gasteiger partial charge in [-0.1, -0.05) is 6.92 Å². The molecule has 0 spiro atoms. The van der Waals surface area contributed by atoms with Gasteiger partial charge < -0.3 is 10.1 Å². The first-order valence-electron chi connectivity index (χ1n) is 5.02. The normalized spacial score (nSPS) is 10.1. The Morgan fingerprint density at radius 1 is 1.67 bits per heavy atom. The van der Waals surface area contributed by atoms with Gasteiger partial charge in [0.25, 0.3) is 0 Å². The number of nitrogens with zero attached hydrogens (tertiary/aromatic N) is 2.